The number of hydrogen-bond donors (Lipinski definition) is 0. The second-order valence-corrected chi connectivity index (χ2v) is 9.57. The fourth-order valence-electron chi connectivity index (χ4n) is 3.78. The van der Waals surface area contributed by atoms with Gasteiger partial charge in [0.15, 0.2) is 5.65 Å². The first-order valence-corrected chi connectivity index (χ1v) is 11.0. The minimum atomic E-state index is -4.60. The summed E-state index contributed by atoms with van der Waals surface area (Å²) in [5.74, 6) is -0.430. The summed E-state index contributed by atoms with van der Waals surface area (Å²) in [4.78, 5) is 4.55. The molecular formula is C20H21F3N4O2S. The summed E-state index contributed by atoms with van der Waals surface area (Å²) >= 11 is 0. The lowest BCUT2D eigenvalue weighted by molar-refractivity contribution is -0.142. The Kier molecular flexibility index (Phi) is 5.09. The second-order valence-electron chi connectivity index (χ2n) is 7.63. The third-order valence-corrected chi connectivity index (χ3v) is 7.20. The smallest absolute Gasteiger partial charge is 0.233 e. The number of rotatable bonds is 3. The number of alkyl halides is 3. The van der Waals surface area contributed by atoms with Crippen LogP contribution in [0.2, 0.25) is 0 Å². The standard InChI is InChI=1S/C20H21F3N4O2S/c1-13-5-7-16(8-6-13)30(28,29)26-9-3-4-15(12-26)17-11-18(20(21,22)23)27-19(24-17)10-14(2)25-27/h5-8,10-11,15H,3-4,9,12H2,1-2H3/t15-/m0/s1. The second kappa shape index (κ2) is 7.35. The molecular weight excluding hydrogens is 417 g/mol. The number of aryl methyl sites for hydroxylation is 2. The van der Waals surface area contributed by atoms with E-state index in [2.05, 4.69) is 10.1 Å². The van der Waals surface area contributed by atoms with Crippen LogP contribution >= 0.6 is 0 Å². The average molecular weight is 438 g/mol. The summed E-state index contributed by atoms with van der Waals surface area (Å²) in [6.45, 7) is 3.88. The molecule has 1 fully saturated rings. The molecule has 30 heavy (non-hydrogen) atoms. The first-order valence-electron chi connectivity index (χ1n) is 9.57. The molecule has 1 aliphatic rings. The summed E-state index contributed by atoms with van der Waals surface area (Å²) in [6.07, 6.45) is -3.49. The average Bonchev–Trinajstić information content (AvgIpc) is 3.06. The molecule has 0 radical (unpaired) electrons. The van der Waals surface area contributed by atoms with Gasteiger partial charge >= 0.3 is 6.18 Å². The molecule has 3 heterocycles. The summed E-state index contributed by atoms with van der Waals surface area (Å²) in [7, 11) is -3.73. The molecule has 1 saturated heterocycles. The van der Waals surface area contributed by atoms with Crippen molar-refractivity contribution in [3.63, 3.8) is 0 Å². The van der Waals surface area contributed by atoms with Crippen molar-refractivity contribution in [3.05, 3.63) is 59.0 Å². The van der Waals surface area contributed by atoms with Crippen LogP contribution in [-0.4, -0.2) is 40.4 Å². The van der Waals surface area contributed by atoms with E-state index in [1.165, 1.54) is 10.4 Å². The Balaban J connectivity index is 1.70. The largest absolute Gasteiger partial charge is 0.433 e. The van der Waals surface area contributed by atoms with Crippen LogP contribution in [0, 0.1) is 13.8 Å². The van der Waals surface area contributed by atoms with E-state index in [0.29, 0.717) is 25.1 Å². The number of nitrogens with zero attached hydrogens (tertiary/aromatic N) is 4. The summed E-state index contributed by atoms with van der Waals surface area (Å²) in [5, 5.41) is 3.89. The topological polar surface area (TPSA) is 67.6 Å². The van der Waals surface area contributed by atoms with E-state index in [0.717, 1.165) is 16.1 Å². The maximum Gasteiger partial charge on any atom is 0.433 e. The van der Waals surface area contributed by atoms with E-state index in [9.17, 15) is 21.6 Å². The Morgan fingerprint density at radius 1 is 1.10 bits per heavy atom. The molecule has 10 heteroatoms. The van der Waals surface area contributed by atoms with Gasteiger partial charge in [-0.25, -0.2) is 17.9 Å². The van der Waals surface area contributed by atoms with Crippen molar-refractivity contribution in [3.8, 4) is 0 Å². The number of benzene rings is 1. The van der Waals surface area contributed by atoms with Crippen LogP contribution in [0.25, 0.3) is 5.65 Å². The Morgan fingerprint density at radius 3 is 2.47 bits per heavy atom. The fraction of sp³-hybridized carbons (Fsp3) is 0.400. The Morgan fingerprint density at radius 2 is 1.80 bits per heavy atom. The van der Waals surface area contributed by atoms with E-state index >= 15 is 0 Å². The molecule has 0 bridgehead atoms. The van der Waals surface area contributed by atoms with E-state index in [1.54, 1.807) is 31.2 Å². The molecule has 6 nitrogen and oxygen atoms in total. The van der Waals surface area contributed by atoms with Gasteiger partial charge in [-0.3, -0.25) is 0 Å². The lowest BCUT2D eigenvalue weighted by Crippen LogP contribution is -2.39. The Bertz CT molecular complexity index is 1190. The van der Waals surface area contributed by atoms with Crippen LogP contribution in [0.4, 0.5) is 13.2 Å². The van der Waals surface area contributed by atoms with E-state index in [-0.39, 0.29) is 22.8 Å². The molecule has 160 valence electrons. The summed E-state index contributed by atoms with van der Waals surface area (Å²) < 4.78 is 69.0. The van der Waals surface area contributed by atoms with Gasteiger partial charge in [0.25, 0.3) is 0 Å². The third-order valence-electron chi connectivity index (χ3n) is 5.32. The first kappa shape index (κ1) is 20.8. The maximum atomic E-state index is 13.6. The maximum absolute atomic E-state index is 13.6. The van der Waals surface area contributed by atoms with Crippen LogP contribution < -0.4 is 0 Å². The van der Waals surface area contributed by atoms with Gasteiger partial charge in [-0.2, -0.15) is 22.6 Å². The highest BCUT2D eigenvalue weighted by Crippen LogP contribution is 2.34. The molecule has 1 aliphatic heterocycles. The van der Waals surface area contributed by atoms with Crippen LogP contribution in [0.5, 0.6) is 0 Å². The zero-order chi connectivity index (χ0) is 21.7. The van der Waals surface area contributed by atoms with Gasteiger partial charge in [0.2, 0.25) is 10.0 Å². The molecule has 0 amide bonds. The highest BCUT2D eigenvalue weighted by atomic mass is 32.2. The van der Waals surface area contributed by atoms with Gasteiger partial charge in [0, 0.05) is 30.8 Å². The van der Waals surface area contributed by atoms with Crippen LogP contribution in [0.1, 0.15) is 41.4 Å². The van der Waals surface area contributed by atoms with Gasteiger partial charge in [0.05, 0.1) is 10.6 Å². The Hall–Kier alpha value is -2.46. The predicted molar refractivity (Wildman–Crippen MR) is 105 cm³/mol. The van der Waals surface area contributed by atoms with Crippen LogP contribution in [-0.2, 0) is 16.2 Å². The quantitative estimate of drug-likeness (QED) is 0.621. The third kappa shape index (κ3) is 3.81. The van der Waals surface area contributed by atoms with Gasteiger partial charge < -0.3 is 0 Å². The van der Waals surface area contributed by atoms with Gasteiger partial charge in [-0.1, -0.05) is 17.7 Å². The number of halogens is 3. The van der Waals surface area contributed by atoms with Crippen LogP contribution in [0.15, 0.2) is 41.3 Å². The van der Waals surface area contributed by atoms with E-state index in [1.807, 2.05) is 6.92 Å². The number of hydrogen-bond acceptors (Lipinski definition) is 4. The molecule has 4 rings (SSSR count). The number of sulfonamides is 1. The van der Waals surface area contributed by atoms with E-state index in [4.69, 9.17) is 0 Å². The van der Waals surface area contributed by atoms with E-state index < -0.39 is 27.8 Å². The SMILES string of the molecule is Cc1ccc(S(=O)(=O)N2CCC[C@H](c3cc(C(F)(F)F)n4nc(C)cc4n3)C2)cc1. The molecule has 0 saturated carbocycles. The number of aromatic nitrogens is 3. The number of piperidine rings is 1. The van der Waals surface area contributed by atoms with Gasteiger partial charge in [0.1, 0.15) is 5.69 Å². The summed E-state index contributed by atoms with van der Waals surface area (Å²) in [6, 6.07) is 9.03. The minimum absolute atomic E-state index is 0.0871. The predicted octanol–water partition coefficient (Wildman–Crippen LogP) is 3.93. The highest BCUT2D eigenvalue weighted by molar-refractivity contribution is 7.89. The van der Waals surface area contributed by atoms with Gasteiger partial charge in [-0.15, -0.1) is 0 Å². The van der Waals surface area contributed by atoms with Crippen LogP contribution in [0.3, 0.4) is 0 Å². The first-order chi connectivity index (χ1) is 14.1. The zero-order valence-electron chi connectivity index (χ0n) is 16.5. The van der Waals surface area contributed by atoms with Crippen molar-refractivity contribution in [2.24, 2.45) is 0 Å². The van der Waals surface area contributed by atoms with Crippen molar-refractivity contribution in [2.45, 2.75) is 43.7 Å². The van der Waals surface area contributed by atoms with Gasteiger partial charge in [-0.05, 0) is 44.9 Å². The van der Waals surface area contributed by atoms with Crippen molar-refractivity contribution in [1.82, 2.24) is 18.9 Å². The molecule has 2 aromatic heterocycles. The molecule has 0 N–H and O–H groups in total. The lowest BCUT2D eigenvalue weighted by atomic mass is 9.95. The normalized spacial score (nSPS) is 18.8. The summed E-state index contributed by atoms with van der Waals surface area (Å²) in [5.41, 5.74) is 0.805. The Labute approximate surface area is 172 Å². The molecule has 1 atom stereocenters. The molecule has 3 aromatic rings. The minimum Gasteiger partial charge on any atom is -0.233 e. The van der Waals surface area contributed by atoms with Crippen molar-refractivity contribution in [1.29, 1.82) is 0 Å². The fourth-order valence-corrected chi connectivity index (χ4v) is 5.30. The molecule has 0 aliphatic carbocycles. The zero-order valence-corrected chi connectivity index (χ0v) is 17.3. The monoisotopic (exact) mass is 438 g/mol. The number of fused-ring (bicyclic) bond motifs is 1. The van der Waals surface area contributed by atoms with Crippen molar-refractivity contribution >= 4 is 15.7 Å². The highest BCUT2D eigenvalue weighted by Gasteiger charge is 2.37. The lowest BCUT2D eigenvalue weighted by Gasteiger charge is -2.32. The van der Waals surface area contributed by atoms with Crippen molar-refractivity contribution in [2.75, 3.05) is 13.1 Å². The van der Waals surface area contributed by atoms with Crippen molar-refractivity contribution < 1.29 is 21.6 Å². The molecule has 0 unspecified atom stereocenters. The molecule has 0 spiro atoms. The molecule has 1 aromatic carbocycles.